The molecule has 0 bridgehead atoms. The highest BCUT2D eigenvalue weighted by molar-refractivity contribution is 7.92. The van der Waals surface area contributed by atoms with Gasteiger partial charge in [-0.25, -0.2) is 8.42 Å². The zero-order chi connectivity index (χ0) is 32.6. The molecule has 0 spiro atoms. The highest BCUT2D eigenvalue weighted by Crippen LogP contribution is 2.26. The predicted molar refractivity (Wildman–Crippen MR) is 180 cm³/mol. The van der Waals surface area contributed by atoms with E-state index in [4.69, 9.17) is 0 Å². The molecule has 0 aliphatic heterocycles. The van der Waals surface area contributed by atoms with Gasteiger partial charge in [0.2, 0.25) is 11.8 Å². The Morgan fingerprint density at radius 3 is 1.93 bits per heavy atom. The van der Waals surface area contributed by atoms with E-state index in [2.05, 4.69) is 5.32 Å². The first kappa shape index (κ1) is 33.5. The van der Waals surface area contributed by atoms with E-state index in [1.165, 1.54) is 17.0 Å². The van der Waals surface area contributed by atoms with E-state index in [-0.39, 0.29) is 23.8 Å². The molecule has 1 atom stereocenters. The minimum Gasteiger partial charge on any atom is -0.350 e. The van der Waals surface area contributed by atoms with Crippen LogP contribution in [0.2, 0.25) is 0 Å². The Morgan fingerprint density at radius 2 is 1.36 bits per heavy atom. The molecule has 0 fully saturated rings. The van der Waals surface area contributed by atoms with Gasteiger partial charge in [0.05, 0.1) is 10.6 Å². The maximum absolute atomic E-state index is 14.6. The number of aryl methyl sites for hydroxylation is 2. The van der Waals surface area contributed by atoms with Crippen molar-refractivity contribution < 1.29 is 18.0 Å². The number of nitrogens with zero attached hydrogens (tertiary/aromatic N) is 2. The number of amides is 2. The molecule has 7 nitrogen and oxygen atoms in total. The minimum absolute atomic E-state index is 0.0779. The van der Waals surface area contributed by atoms with Gasteiger partial charge in [0, 0.05) is 18.5 Å². The Bertz CT molecular complexity index is 1680. The summed E-state index contributed by atoms with van der Waals surface area (Å²) in [5, 5.41) is 3.06. The van der Waals surface area contributed by atoms with Crippen molar-refractivity contribution in [2.45, 2.75) is 70.5 Å². The number of anilines is 1. The number of hydrogen-bond donors (Lipinski definition) is 1. The molecule has 0 heterocycles. The van der Waals surface area contributed by atoms with E-state index >= 15 is 0 Å². The third-order valence-corrected chi connectivity index (χ3v) is 9.40. The molecule has 0 saturated carbocycles. The Morgan fingerprint density at radius 1 is 0.778 bits per heavy atom. The molecule has 8 heteroatoms. The van der Waals surface area contributed by atoms with Crippen LogP contribution in [0.15, 0.2) is 114 Å². The van der Waals surface area contributed by atoms with E-state index in [0.717, 1.165) is 33.0 Å². The molecule has 0 saturated heterocycles. The lowest BCUT2D eigenvalue weighted by molar-refractivity contribution is -0.140. The van der Waals surface area contributed by atoms with Gasteiger partial charge < -0.3 is 10.2 Å². The van der Waals surface area contributed by atoms with Crippen molar-refractivity contribution in [2.24, 2.45) is 0 Å². The second-order valence-electron chi connectivity index (χ2n) is 12.2. The Labute approximate surface area is 268 Å². The van der Waals surface area contributed by atoms with Crippen molar-refractivity contribution >= 4 is 27.5 Å². The molecule has 4 aromatic carbocycles. The van der Waals surface area contributed by atoms with E-state index < -0.39 is 34.1 Å². The molecule has 2 amide bonds. The average molecular weight is 626 g/mol. The molecule has 45 heavy (non-hydrogen) atoms. The van der Waals surface area contributed by atoms with Crippen LogP contribution in [0.1, 0.15) is 49.9 Å². The molecule has 0 aliphatic rings. The van der Waals surface area contributed by atoms with E-state index in [0.29, 0.717) is 5.69 Å². The smallest absolute Gasteiger partial charge is 0.264 e. The first-order valence-corrected chi connectivity index (χ1v) is 16.7. The van der Waals surface area contributed by atoms with Crippen molar-refractivity contribution in [1.82, 2.24) is 10.2 Å². The summed E-state index contributed by atoms with van der Waals surface area (Å²) < 4.78 is 29.4. The number of rotatable bonds is 12. The Kier molecular flexibility index (Phi) is 10.8. The molecule has 0 aromatic heterocycles. The van der Waals surface area contributed by atoms with Gasteiger partial charge in [-0.15, -0.1) is 0 Å². The first-order valence-electron chi connectivity index (χ1n) is 15.3. The van der Waals surface area contributed by atoms with Gasteiger partial charge in [0.25, 0.3) is 10.0 Å². The quantitative estimate of drug-likeness (QED) is 0.200. The van der Waals surface area contributed by atoms with E-state index in [1.807, 2.05) is 101 Å². The number of benzene rings is 4. The zero-order valence-corrected chi connectivity index (χ0v) is 27.6. The topological polar surface area (TPSA) is 86.8 Å². The third kappa shape index (κ3) is 8.82. The monoisotopic (exact) mass is 625 g/mol. The number of carbonyl (C=O) groups excluding carboxylic acids is 2. The van der Waals surface area contributed by atoms with Crippen LogP contribution < -0.4 is 9.62 Å². The minimum atomic E-state index is -4.13. The standard InChI is InChI=1S/C37H43N3O4S/c1-6-29-21-23-32(24-22-29)40(45(43,44)33-19-11-8-12-20-33)27-35(41)39(26-31-18-14-13-15-28(31)2)34(36(42)38-37(3,4)5)25-30-16-9-7-10-17-30/h7-24,34H,6,25-27H2,1-5H3,(H,38,42)/t34-/m1/s1. The fourth-order valence-electron chi connectivity index (χ4n) is 5.12. The first-order chi connectivity index (χ1) is 21.4. The molecule has 4 rings (SSSR count). The van der Waals surface area contributed by atoms with Crippen LogP contribution in [0.5, 0.6) is 0 Å². The number of sulfonamides is 1. The van der Waals surface area contributed by atoms with Gasteiger partial charge in [0.15, 0.2) is 0 Å². The van der Waals surface area contributed by atoms with Crippen molar-refractivity contribution in [3.8, 4) is 0 Å². The van der Waals surface area contributed by atoms with Crippen molar-refractivity contribution in [1.29, 1.82) is 0 Å². The summed E-state index contributed by atoms with van der Waals surface area (Å²) in [5.74, 6) is -0.791. The highest BCUT2D eigenvalue weighted by atomic mass is 32.2. The van der Waals surface area contributed by atoms with Crippen LogP contribution >= 0.6 is 0 Å². The zero-order valence-electron chi connectivity index (χ0n) is 26.7. The second kappa shape index (κ2) is 14.6. The maximum Gasteiger partial charge on any atom is 0.264 e. The van der Waals surface area contributed by atoms with Crippen LogP contribution in [0.4, 0.5) is 5.69 Å². The van der Waals surface area contributed by atoms with Gasteiger partial charge >= 0.3 is 0 Å². The fourth-order valence-corrected chi connectivity index (χ4v) is 6.56. The van der Waals surface area contributed by atoms with Gasteiger partial charge in [0.1, 0.15) is 12.6 Å². The molecular formula is C37H43N3O4S. The summed E-state index contributed by atoms with van der Waals surface area (Å²) in [4.78, 5) is 30.2. The summed E-state index contributed by atoms with van der Waals surface area (Å²) in [6, 6.07) is 31.7. The fraction of sp³-hybridized carbons (Fsp3) is 0.297. The third-order valence-electron chi connectivity index (χ3n) is 7.61. The second-order valence-corrected chi connectivity index (χ2v) is 14.1. The number of hydrogen-bond acceptors (Lipinski definition) is 4. The molecular weight excluding hydrogens is 582 g/mol. The van der Waals surface area contributed by atoms with E-state index in [9.17, 15) is 18.0 Å². The summed E-state index contributed by atoms with van der Waals surface area (Å²) in [5.41, 5.74) is 3.60. The van der Waals surface area contributed by atoms with Crippen LogP contribution in [0.3, 0.4) is 0 Å². The predicted octanol–water partition coefficient (Wildman–Crippen LogP) is 6.31. The lowest BCUT2D eigenvalue weighted by Crippen LogP contribution is -2.56. The van der Waals surface area contributed by atoms with Crippen LogP contribution in [0.25, 0.3) is 0 Å². The molecule has 0 aliphatic carbocycles. The number of carbonyl (C=O) groups is 2. The van der Waals surface area contributed by atoms with E-state index in [1.54, 1.807) is 30.3 Å². The summed E-state index contributed by atoms with van der Waals surface area (Å²) in [6.07, 6.45) is 1.05. The van der Waals surface area contributed by atoms with Crippen molar-refractivity contribution in [3.05, 3.63) is 131 Å². The average Bonchev–Trinajstić information content (AvgIpc) is 3.02. The van der Waals surface area contributed by atoms with Crippen molar-refractivity contribution in [3.63, 3.8) is 0 Å². The lowest BCUT2D eigenvalue weighted by atomic mass is 10.00. The van der Waals surface area contributed by atoms with Gasteiger partial charge in [-0.05, 0) is 80.6 Å². The molecule has 0 unspecified atom stereocenters. The summed E-state index contributed by atoms with van der Waals surface area (Å²) >= 11 is 0. The van der Waals surface area contributed by atoms with Gasteiger partial charge in [-0.3, -0.25) is 13.9 Å². The van der Waals surface area contributed by atoms with Crippen LogP contribution in [0, 0.1) is 6.92 Å². The van der Waals surface area contributed by atoms with Crippen molar-refractivity contribution in [2.75, 3.05) is 10.8 Å². The Balaban J connectivity index is 1.82. The lowest BCUT2D eigenvalue weighted by Gasteiger charge is -2.35. The van der Waals surface area contributed by atoms with Gasteiger partial charge in [-0.2, -0.15) is 0 Å². The van der Waals surface area contributed by atoms with Crippen LogP contribution in [-0.4, -0.2) is 43.3 Å². The molecule has 4 aromatic rings. The summed E-state index contributed by atoms with van der Waals surface area (Å²) in [6.45, 7) is 9.32. The van der Waals surface area contributed by atoms with Gasteiger partial charge in [-0.1, -0.05) is 91.9 Å². The highest BCUT2D eigenvalue weighted by Gasteiger charge is 2.35. The SMILES string of the molecule is CCc1ccc(N(CC(=O)N(Cc2ccccc2C)[C@H](Cc2ccccc2)C(=O)NC(C)(C)C)S(=O)(=O)c2ccccc2)cc1. The molecule has 0 radical (unpaired) electrons. The summed E-state index contributed by atoms with van der Waals surface area (Å²) in [7, 11) is -4.13. The van der Waals surface area contributed by atoms with Crippen LogP contribution in [-0.2, 0) is 39.0 Å². The number of nitrogens with one attached hydrogen (secondary N) is 1. The normalized spacial score (nSPS) is 12.3. The molecule has 236 valence electrons. The largest absolute Gasteiger partial charge is 0.350 e. The molecule has 1 N–H and O–H groups in total. The Hall–Kier alpha value is -4.43. The maximum atomic E-state index is 14.6.